The highest BCUT2D eigenvalue weighted by Crippen LogP contribution is 2.02. The van der Waals surface area contributed by atoms with Crippen molar-refractivity contribution in [2.75, 3.05) is 0 Å². The van der Waals surface area contributed by atoms with Gasteiger partial charge in [-0.2, -0.15) is 4.21 Å². The normalized spacial score (nSPS) is 13.5. The van der Waals surface area contributed by atoms with Crippen molar-refractivity contribution in [1.82, 2.24) is 0 Å². The minimum absolute atomic E-state index is 0.914. The van der Waals surface area contributed by atoms with Crippen molar-refractivity contribution in [3.05, 3.63) is 12.3 Å². The van der Waals surface area contributed by atoms with Gasteiger partial charge in [-0.3, -0.25) is 4.55 Å². The Bertz CT molecular complexity index is 145. The van der Waals surface area contributed by atoms with Gasteiger partial charge < -0.3 is 4.18 Å². The van der Waals surface area contributed by atoms with E-state index in [1.54, 1.807) is 6.08 Å². The van der Waals surface area contributed by atoms with Crippen molar-refractivity contribution < 1.29 is 12.9 Å². The van der Waals surface area contributed by atoms with Gasteiger partial charge in [-0.15, -0.1) is 0 Å². The SMILES string of the molecule is CCCCCCC=COS(=O)O. The molecule has 0 aliphatic carbocycles. The highest BCUT2D eigenvalue weighted by molar-refractivity contribution is 7.74. The zero-order chi connectivity index (χ0) is 9.23. The molecule has 4 heteroatoms. The Balaban J connectivity index is 3.08. The van der Waals surface area contributed by atoms with E-state index >= 15 is 0 Å². The fraction of sp³-hybridized carbons (Fsp3) is 0.750. The molecule has 0 rings (SSSR count). The summed E-state index contributed by atoms with van der Waals surface area (Å²) in [7, 11) is 0. The van der Waals surface area contributed by atoms with Gasteiger partial charge in [0.05, 0.1) is 0 Å². The van der Waals surface area contributed by atoms with Crippen molar-refractivity contribution >= 4 is 11.4 Å². The van der Waals surface area contributed by atoms with Crippen LogP contribution in [0.2, 0.25) is 0 Å². The number of hydrogen-bond donors (Lipinski definition) is 1. The van der Waals surface area contributed by atoms with Crippen molar-refractivity contribution in [3.63, 3.8) is 0 Å². The fourth-order valence-corrected chi connectivity index (χ4v) is 1.02. The molecular weight excluding hydrogens is 176 g/mol. The topological polar surface area (TPSA) is 46.5 Å². The Morgan fingerprint density at radius 2 is 2.17 bits per heavy atom. The third-order valence-corrected chi connectivity index (χ3v) is 1.73. The van der Waals surface area contributed by atoms with Gasteiger partial charge >= 0.3 is 11.4 Å². The Morgan fingerprint density at radius 3 is 2.75 bits per heavy atom. The summed E-state index contributed by atoms with van der Waals surface area (Å²) in [4.78, 5) is 0. The third kappa shape index (κ3) is 9.65. The van der Waals surface area contributed by atoms with Gasteiger partial charge in [-0.1, -0.05) is 26.2 Å². The van der Waals surface area contributed by atoms with Crippen molar-refractivity contribution in [3.8, 4) is 0 Å². The molecule has 72 valence electrons. The third-order valence-electron chi connectivity index (χ3n) is 1.46. The van der Waals surface area contributed by atoms with Crippen LogP contribution in [0.25, 0.3) is 0 Å². The first-order valence-corrected chi connectivity index (χ1v) is 5.23. The van der Waals surface area contributed by atoms with Crippen molar-refractivity contribution in [1.29, 1.82) is 0 Å². The maximum Gasteiger partial charge on any atom is 0.356 e. The van der Waals surface area contributed by atoms with Gasteiger partial charge in [0.25, 0.3) is 0 Å². The van der Waals surface area contributed by atoms with Crippen LogP contribution in [0.5, 0.6) is 0 Å². The summed E-state index contributed by atoms with van der Waals surface area (Å²) in [6.45, 7) is 2.16. The highest BCUT2D eigenvalue weighted by Gasteiger charge is 1.86. The molecule has 0 saturated carbocycles. The van der Waals surface area contributed by atoms with Crippen LogP contribution in [0.1, 0.15) is 39.0 Å². The molecule has 1 atom stereocenters. The minimum Gasteiger partial charge on any atom is -0.388 e. The molecule has 0 aromatic rings. The first-order valence-electron chi connectivity index (χ1n) is 4.20. The van der Waals surface area contributed by atoms with Gasteiger partial charge in [0, 0.05) is 0 Å². The minimum atomic E-state index is -2.16. The molecule has 0 spiro atoms. The maximum atomic E-state index is 9.97. The lowest BCUT2D eigenvalue weighted by atomic mass is 10.2. The standard InChI is InChI=1S/C8H16O3S/c1-2-3-4-5-6-7-8-11-12(9)10/h7-8H,2-6H2,1H3,(H,9,10). The Morgan fingerprint density at radius 1 is 1.42 bits per heavy atom. The molecule has 0 radical (unpaired) electrons. The van der Waals surface area contributed by atoms with Crippen molar-refractivity contribution in [2.45, 2.75) is 39.0 Å². The van der Waals surface area contributed by atoms with E-state index in [9.17, 15) is 4.21 Å². The molecule has 1 N–H and O–H groups in total. The van der Waals surface area contributed by atoms with E-state index in [4.69, 9.17) is 4.55 Å². The summed E-state index contributed by atoms with van der Waals surface area (Å²) in [5.74, 6) is 0. The fourth-order valence-electron chi connectivity index (χ4n) is 0.844. The van der Waals surface area contributed by atoms with E-state index < -0.39 is 11.4 Å². The van der Waals surface area contributed by atoms with Gasteiger partial charge in [-0.05, 0) is 18.9 Å². The lowest BCUT2D eigenvalue weighted by Gasteiger charge is -1.93. The van der Waals surface area contributed by atoms with Crippen LogP contribution in [0.15, 0.2) is 12.3 Å². The molecule has 0 fully saturated rings. The average molecular weight is 192 g/mol. The predicted molar refractivity (Wildman–Crippen MR) is 49.8 cm³/mol. The summed E-state index contributed by atoms with van der Waals surface area (Å²) >= 11 is -2.16. The van der Waals surface area contributed by atoms with Gasteiger partial charge in [-0.25, -0.2) is 0 Å². The molecule has 0 aromatic carbocycles. The van der Waals surface area contributed by atoms with Crippen molar-refractivity contribution in [2.24, 2.45) is 0 Å². The molecule has 0 heterocycles. The van der Waals surface area contributed by atoms with Crippen LogP contribution in [0.4, 0.5) is 0 Å². The molecule has 0 aromatic heterocycles. The summed E-state index contributed by atoms with van der Waals surface area (Å²) < 4.78 is 22.5. The first kappa shape index (κ1) is 11.6. The zero-order valence-corrected chi connectivity index (χ0v) is 8.18. The summed E-state index contributed by atoms with van der Waals surface area (Å²) in [6, 6.07) is 0. The molecule has 12 heavy (non-hydrogen) atoms. The van der Waals surface area contributed by atoms with Gasteiger partial charge in [0.15, 0.2) is 0 Å². The van der Waals surface area contributed by atoms with Crippen LogP contribution in [0.3, 0.4) is 0 Å². The highest BCUT2D eigenvalue weighted by atomic mass is 32.2. The second kappa shape index (κ2) is 8.74. The number of rotatable bonds is 7. The van der Waals surface area contributed by atoms with Crippen LogP contribution in [0, 0.1) is 0 Å². The van der Waals surface area contributed by atoms with Crippen LogP contribution < -0.4 is 0 Å². The van der Waals surface area contributed by atoms with E-state index in [2.05, 4.69) is 11.1 Å². The molecule has 0 amide bonds. The molecule has 0 aliphatic heterocycles. The quantitative estimate of drug-likeness (QED) is 0.383. The summed E-state index contributed by atoms with van der Waals surface area (Å²) in [5.41, 5.74) is 0. The average Bonchev–Trinajstić information content (AvgIpc) is 2.02. The van der Waals surface area contributed by atoms with Crippen LogP contribution in [-0.4, -0.2) is 8.76 Å². The number of allylic oxidation sites excluding steroid dienone is 1. The smallest absolute Gasteiger partial charge is 0.356 e. The van der Waals surface area contributed by atoms with E-state index in [1.807, 2.05) is 0 Å². The predicted octanol–water partition coefficient (Wildman–Crippen LogP) is 2.62. The lowest BCUT2D eigenvalue weighted by Crippen LogP contribution is -1.85. The summed E-state index contributed by atoms with van der Waals surface area (Å²) in [6.07, 6.45) is 8.76. The molecule has 3 nitrogen and oxygen atoms in total. The molecule has 1 unspecified atom stereocenters. The van der Waals surface area contributed by atoms with Gasteiger partial charge in [0.1, 0.15) is 6.26 Å². The second-order valence-electron chi connectivity index (χ2n) is 2.53. The van der Waals surface area contributed by atoms with Crippen LogP contribution >= 0.6 is 0 Å². The van der Waals surface area contributed by atoms with E-state index in [1.165, 1.54) is 25.5 Å². The second-order valence-corrected chi connectivity index (χ2v) is 3.16. The van der Waals surface area contributed by atoms with E-state index in [-0.39, 0.29) is 0 Å². The molecule has 0 aliphatic rings. The van der Waals surface area contributed by atoms with E-state index in [0.29, 0.717) is 0 Å². The zero-order valence-electron chi connectivity index (χ0n) is 7.36. The summed E-state index contributed by atoms with van der Waals surface area (Å²) in [5, 5.41) is 0. The molecule has 0 saturated heterocycles. The van der Waals surface area contributed by atoms with Gasteiger partial charge in [0.2, 0.25) is 0 Å². The Hall–Kier alpha value is -0.350. The molecule has 0 bridgehead atoms. The van der Waals surface area contributed by atoms with Crippen LogP contribution in [-0.2, 0) is 15.5 Å². The Labute approximate surface area is 76.3 Å². The largest absolute Gasteiger partial charge is 0.388 e. The number of hydrogen-bond acceptors (Lipinski definition) is 2. The van der Waals surface area contributed by atoms with E-state index in [0.717, 1.165) is 12.8 Å². The Kier molecular flexibility index (Phi) is 8.49. The monoisotopic (exact) mass is 192 g/mol. The first-order chi connectivity index (χ1) is 5.77. The molecular formula is C8H16O3S. The number of unbranched alkanes of at least 4 members (excludes halogenated alkanes) is 4. The maximum absolute atomic E-state index is 9.97. The lowest BCUT2D eigenvalue weighted by molar-refractivity contribution is 0.418.